The molecular weight excluding hydrogens is 230 g/mol. The molecule has 1 N–H and O–H groups in total. The second-order valence-electron chi connectivity index (χ2n) is 7.33. The highest BCUT2D eigenvalue weighted by atomic mass is 15.0. The molecule has 0 heterocycles. The van der Waals surface area contributed by atoms with Gasteiger partial charge < -0.3 is 5.32 Å². The van der Waals surface area contributed by atoms with Gasteiger partial charge in [-0.15, -0.1) is 0 Å². The van der Waals surface area contributed by atoms with Crippen molar-refractivity contribution in [3.05, 3.63) is 35.4 Å². The minimum absolute atomic E-state index is 0.348. The summed E-state index contributed by atoms with van der Waals surface area (Å²) in [6.45, 7) is 7.25. The van der Waals surface area contributed by atoms with E-state index in [1.807, 2.05) is 0 Å². The van der Waals surface area contributed by atoms with E-state index in [2.05, 4.69) is 50.4 Å². The Hall–Kier alpha value is -0.820. The molecule has 0 amide bonds. The van der Waals surface area contributed by atoms with Gasteiger partial charge in [-0.3, -0.25) is 0 Å². The summed E-state index contributed by atoms with van der Waals surface area (Å²) in [6, 6.07) is 10.3. The van der Waals surface area contributed by atoms with Crippen molar-refractivity contribution in [3.63, 3.8) is 0 Å². The third-order valence-electron chi connectivity index (χ3n) is 5.29. The molecule has 19 heavy (non-hydrogen) atoms. The van der Waals surface area contributed by atoms with Gasteiger partial charge in [0.15, 0.2) is 0 Å². The molecule has 1 fully saturated rings. The molecule has 3 atom stereocenters. The van der Waals surface area contributed by atoms with E-state index in [9.17, 15) is 0 Å². The molecule has 0 aromatic heterocycles. The maximum Gasteiger partial charge on any atom is 0.0380 e. The molecule has 2 aliphatic rings. The zero-order valence-corrected chi connectivity index (χ0v) is 12.6. The molecule has 0 bridgehead atoms. The van der Waals surface area contributed by atoms with Crippen LogP contribution in [0.1, 0.15) is 63.6 Å². The van der Waals surface area contributed by atoms with Gasteiger partial charge in [0.05, 0.1) is 0 Å². The average molecular weight is 257 g/mol. The molecule has 2 aliphatic carbocycles. The van der Waals surface area contributed by atoms with Gasteiger partial charge in [-0.25, -0.2) is 0 Å². The van der Waals surface area contributed by atoms with Crippen LogP contribution >= 0.6 is 0 Å². The third kappa shape index (κ3) is 2.45. The maximum absolute atomic E-state index is 4.01. The van der Waals surface area contributed by atoms with Crippen LogP contribution < -0.4 is 5.32 Å². The second kappa shape index (κ2) is 4.94. The monoisotopic (exact) mass is 257 g/mol. The number of benzene rings is 1. The molecule has 1 heteroatoms. The van der Waals surface area contributed by atoms with Crippen molar-refractivity contribution in [1.82, 2.24) is 5.32 Å². The first kappa shape index (κ1) is 13.2. The lowest BCUT2D eigenvalue weighted by molar-refractivity contribution is 0.193. The van der Waals surface area contributed by atoms with Crippen molar-refractivity contribution in [2.45, 2.75) is 65.0 Å². The fourth-order valence-electron chi connectivity index (χ4n) is 4.08. The van der Waals surface area contributed by atoms with Gasteiger partial charge in [0, 0.05) is 12.1 Å². The van der Waals surface area contributed by atoms with E-state index in [0.717, 1.165) is 5.92 Å². The van der Waals surface area contributed by atoms with Crippen LogP contribution in [0.5, 0.6) is 0 Å². The normalized spacial score (nSPS) is 33.1. The summed E-state index contributed by atoms with van der Waals surface area (Å²) in [5, 5.41) is 4.01. The number of hydrogen-bond donors (Lipinski definition) is 1. The Morgan fingerprint density at radius 1 is 1.11 bits per heavy atom. The molecule has 0 radical (unpaired) electrons. The lowest BCUT2D eigenvalue weighted by Crippen LogP contribution is -2.43. The Balaban J connectivity index is 1.82. The summed E-state index contributed by atoms with van der Waals surface area (Å²) in [4.78, 5) is 0. The van der Waals surface area contributed by atoms with Crippen molar-refractivity contribution >= 4 is 0 Å². The predicted molar refractivity (Wildman–Crippen MR) is 81.2 cm³/mol. The van der Waals surface area contributed by atoms with Crippen molar-refractivity contribution < 1.29 is 0 Å². The molecule has 3 unspecified atom stereocenters. The molecule has 0 aliphatic heterocycles. The summed E-state index contributed by atoms with van der Waals surface area (Å²) in [6.07, 6.45) is 6.78. The molecule has 1 saturated carbocycles. The lowest BCUT2D eigenvalue weighted by Gasteiger charge is -2.37. The van der Waals surface area contributed by atoms with Crippen LogP contribution in [0.2, 0.25) is 0 Å². The van der Waals surface area contributed by atoms with Gasteiger partial charge in [0.1, 0.15) is 0 Å². The first-order chi connectivity index (χ1) is 9.08. The van der Waals surface area contributed by atoms with E-state index in [-0.39, 0.29) is 0 Å². The van der Waals surface area contributed by atoms with E-state index >= 15 is 0 Å². The van der Waals surface area contributed by atoms with Crippen LogP contribution in [0, 0.1) is 11.3 Å². The van der Waals surface area contributed by atoms with Crippen molar-refractivity contribution in [2.75, 3.05) is 0 Å². The molecule has 1 aromatic rings. The zero-order chi connectivity index (χ0) is 13.5. The first-order valence-corrected chi connectivity index (χ1v) is 7.92. The van der Waals surface area contributed by atoms with Crippen molar-refractivity contribution in [1.29, 1.82) is 0 Å². The van der Waals surface area contributed by atoms with Crippen LogP contribution in [-0.4, -0.2) is 6.04 Å². The van der Waals surface area contributed by atoms with Gasteiger partial charge in [-0.2, -0.15) is 0 Å². The highest BCUT2D eigenvalue weighted by molar-refractivity contribution is 5.37. The fraction of sp³-hybridized carbons (Fsp3) is 0.667. The topological polar surface area (TPSA) is 12.0 Å². The number of rotatable bonds is 2. The largest absolute Gasteiger partial charge is 0.306 e. The smallest absolute Gasteiger partial charge is 0.0380 e. The first-order valence-electron chi connectivity index (χ1n) is 7.92. The van der Waals surface area contributed by atoms with Gasteiger partial charge in [-0.1, -0.05) is 57.9 Å². The van der Waals surface area contributed by atoms with Crippen LogP contribution in [0.3, 0.4) is 0 Å². The minimum Gasteiger partial charge on any atom is -0.306 e. The van der Waals surface area contributed by atoms with Crippen LogP contribution in [0.15, 0.2) is 24.3 Å². The van der Waals surface area contributed by atoms with E-state index in [1.165, 1.54) is 32.1 Å². The number of fused-ring (bicyclic) bond motifs is 1. The molecule has 0 spiro atoms. The van der Waals surface area contributed by atoms with Gasteiger partial charge in [0.2, 0.25) is 0 Å². The minimum atomic E-state index is 0.348. The Bertz CT molecular complexity index is 449. The molecule has 104 valence electrons. The summed E-state index contributed by atoms with van der Waals surface area (Å²) in [7, 11) is 0. The quantitative estimate of drug-likeness (QED) is 0.823. The molecule has 3 rings (SSSR count). The highest BCUT2D eigenvalue weighted by Crippen LogP contribution is 2.46. The summed E-state index contributed by atoms with van der Waals surface area (Å²) < 4.78 is 0. The Kier molecular flexibility index (Phi) is 3.42. The van der Waals surface area contributed by atoms with Gasteiger partial charge in [0.25, 0.3) is 0 Å². The summed E-state index contributed by atoms with van der Waals surface area (Å²) in [5.41, 5.74) is 3.44. The predicted octanol–water partition coefficient (Wildman–Crippen LogP) is 4.48. The lowest BCUT2D eigenvalue weighted by atomic mass is 9.81. The molecular formula is C18H27N. The van der Waals surface area contributed by atoms with Crippen LogP contribution in [0.4, 0.5) is 0 Å². The number of hydrogen-bond acceptors (Lipinski definition) is 1. The number of nitrogens with one attached hydrogen (secondary N) is 1. The Morgan fingerprint density at radius 2 is 1.84 bits per heavy atom. The second-order valence-corrected chi connectivity index (χ2v) is 7.33. The molecule has 0 saturated heterocycles. The zero-order valence-electron chi connectivity index (χ0n) is 12.6. The fourth-order valence-corrected chi connectivity index (χ4v) is 4.08. The third-order valence-corrected chi connectivity index (χ3v) is 5.29. The van der Waals surface area contributed by atoms with E-state index in [0.29, 0.717) is 17.5 Å². The standard InChI is InChI=1S/C18H27N/c1-13-8-4-7-11-16(13)19-17-15-10-6-5-9-14(15)12-18(17,2)3/h5-6,9-10,13,16-17,19H,4,7-8,11-12H2,1-3H3. The van der Waals surface area contributed by atoms with Crippen molar-refractivity contribution in [2.24, 2.45) is 11.3 Å². The van der Waals surface area contributed by atoms with E-state index in [4.69, 9.17) is 0 Å². The van der Waals surface area contributed by atoms with Crippen LogP contribution in [-0.2, 0) is 6.42 Å². The highest BCUT2D eigenvalue weighted by Gasteiger charge is 2.40. The van der Waals surface area contributed by atoms with Gasteiger partial charge >= 0.3 is 0 Å². The Labute approximate surface area is 117 Å². The van der Waals surface area contributed by atoms with E-state index < -0.39 is 0 Å². The summed E-state index contributed by atoms with van der Waals surface area (Å²) in [5.74, 6) is 0.831. The van der Waals surface area contributed by atoms with Gasteiger partial charge in [-0.05, 0) is 41.7 Å². The van der Waals surface area contributed by atoms with Crippen LogP contribution in [0.25, 0.3) is 0 Å². The SMILES string of the molecule is CC1CCCCC1NC1c2ccccc2CC1(C)C. The van der Waals surface area contributed by atoms with Crippen molar-refractivity contribution in [3.8, 4) is 0 Å². The maximum atomic E-state index is 4.01. The van der Waals surface area contributed by atoms with E-state index in [1.54, 1.807) is 11.1 Å². The Morgan fingerprint density at radius 3 is 2.63 bits per heavy atom. The average Bonchev–Trinajstić information content (AvgIpc) is 2.63. The molecule has 1 nitrogen and oxygen atoms in total. The molecule has 1 aromatic carbocycles. The summed E-state index contributed by atoms with van der Waals surface area (Å²) >= 11 is 0.